The van der Waals surface area contributed by atoms with Crippen LogP contribution >= 0.6 is 11.6 Å². The lowest BCUT2D eigenvalue weighted by Gasteiger charge is -2.32. The lowest BCUT2D eigenvalue weighted by atomic mass is 9.97. The highest BCUT2D eigenvalue weighted by Crippen LogP contribution is 2.28. The number of aromatic nitrogens is 2. The number of hydrogen-bond donors (Lipinski definition) is 0. The second-order valence-corrected chi connectivity index (χ2v) is 6.34. The lowest BCUT2D eigenvalue weighted by Crippen LogP contribution is -2.37. The van der Waals surface area contributed by atoms with Crippen LogP contribution in [0.1, 0.15) is 37.6 Å². The Bertz CT molecular complexity index is 560. The van der Waals surface area contributed by atoms with E-state index in [1.807, 2.05) is 13.8 Å². The third-order valence-corrected chi connectivity index (χ3v) is 4.54. The van der Waals surface area contributed by atoms with Gasteiger partial charge in [-0.25, -0.2) is 9.97 Å². The number of methoxy groups -OCH3 is 1. The zero-order valence-corrected chi connectivity index (χ0v) is 15.4. The first-order chi connectivity index (χ1) is 11.6. The maximum Gasteiger partial charge on any atom is 0.309 e. The Hall–Kier alpha value is -1.40. The molecule has 0 aromatic carbocycles. The lowest BCUT2D eigenvalue weighted by molar-refractivity contribution is -0.148. The van der Waals surface area contributed by atoms with Crippen LogP contribution in [0, 0.1) is 12.8 Å². The first-order valence-corrected chi connectivity index (χ1v) is 8.88. The van der Waals surface area contributed by atoms with Crippen LogP contribution in [0.4, 0.5) is 5.82 Å². The van der Waals surface area contributed by atoms with Crippen LogP contribution in [0.5, 0.6) is 0 Å². The monoisotopic (exact) mass is 355 g/mol. The molecule has 1 aromatic heterocycles. The normalized spacial score (nSPS) is 15.6. The summed E-state index contributed by atoms with van der Waals surface area (Å²) >= 11 is 6.31. The summed E-state index contributed by atoms with van der Waals surface area (Å²) in [5, 5.41) is 0.428. The first-order valence-electron chi connectivity index (χ1n) is 8.50. The first kappa shape index (κ1) is 18.9. The third kappa shape index (κ3) is 4.80. The molecule has 0 N–H and O–H groups in total. The SMILES string of the molecule is CCOC(=O)C1CCN(c2nc(CCCOC)c(C)nc2Cl)CC1. The van der Waals surface area contributed by atoms with E-state index in [0.717, 1.165) is 56.0 Å². The second kappa shape index (κ2) is 9.18. The zero-order chi connectivity index (χ0) is 17.5. The average Bonchev–Trinajstić information content (AvgIpc) is 2.57. The highest BCUT2D eigenvalue weighted by Gasteiger charge is 2.28. The Morgan fingerprint density at radius 1 is 1.33 bits per heavy atom. The fourth-order valence-corrected chi connectivity index (χ4v) is 3.21. The number of carbonyl (C=O) groups excluding carboxylic acids is 1. The molecule has 2 rings (SSSR count). The number of halogens is 1. The Balaban J connectivity index is 2.04. The summed E-state index contributed by atoms with van der Waals surface area (Å²) in [5.74, 6) is 0.593. The largest absolute Gasteiger partial charge is 0.466 e. The Kier molecular flexibility index (Phi) is 7.24. The molecule has 0 unspecified atom stereocenters. The van der Waals surface area contributed by atoms with Crippen molar-refractivity contribution in [2.75, 3.05) is 38.3 Å². The highest BCUT2D eigenvalue weighted by molar-refractivity contribution is 6.31. The number of esters is 1. The van der Waals surface area contributed by atoms with Crippen LogP contribution < -0.4 is 4.90 Å². The molecule has 1 fully saturated rings. The summed E-state index contributed by atoms with van der Waals surface area (Å²) in [5.41, 5.74) is 1.82. The summed E-state index contributed by atoms with van der Waals surface area (Å²) in [6, 6.07) is 0. The maximum atomic E-state index is 11.8. The number of ether oxygens (including phenoxy) is 2. The molecule has 0 bridgehead atoms. The van der Waals surface area contributed by atoms with Crippen molar-refractivity contribution in [1.29, 1.82) is 0 Å². The molecule has 1 aromatic rings. The van der Waals surface area contributed by atoms with Crippen molar-refractivity contribution in [3.63, 3.8) is 0 Å². The van der Waals surface area contributed by atoms with Gasteiger partial charge in [0, 0.05) is 26.8 Å². The zero-order valence-electron chi connectivity index (χ0n) is 14.7. The molecule has 0 spiro atoms. The molecule has 1 aliphatic heterocycles. The van der Waals surface area contributed by atoms with Crippen molar-refractivity contribution in [1.82, 2.24) is 9.97 Å². The van der Waals surface area contributed by atoms with Crippen molar-refractivity contribution in [3.8, 4) is 0 Å². The summed E-state index contributed by atoms with van der Waals surface area (Å²) in [4.78, 5) is 23.1. The van der Waals surface area contributed by atoms with Gasteiger partial charge in [-0.05, 0) is 39.5 Å². The molecule has 1 saturated heterocycles. The fourth-order valence-electron chi connectivity index (χ4n) is 2.93. The van der Waals surface area contributed by atoms with Gasteiger partial charge in [0.1, 0.15) is 0 Å². The van der Waals surface area contributed by atoms with E-state index in [-0.39, 0.29) is 11.9 Å². The standard InChI is InChI=1S/C17H26ClN3O3/c1-4-24-17(22)13-7-9-21(10-8-13)16-15(18)19-12(2)14(20-16)6-5-11-23-3/h13H,4-11H2,1-3H3. The molecule has 0 aliphatic carbocycles. The van der Waals surface area contributed by atoms with Gasteiger partial charge in [0.25, 0.3) is 0 Å². The third-order valence-electron chi connectivity index (χ3n) is 4.29. The van der Waals surface area contributed by atoms with Crippen LogP contribution in [0.2, 0.25) is 5.15 Å². The molecule has 0 amide bonds. The molecule has 24 heavy (non-hydrogen) atoms. The van der Waals surface area contributed by atoms with Crippen LogP contribution in [-0.4, -0.2) is 49.4 Å². The number of nitrogens with zero attached hydrogens (tertiary/aromatic N) is 3. The molecule has 2 heterocycles. The van der Waals surface area contributed by atoms with Gasteiger partial charge in [0.15, 0.2) is 11.0 Å². The number of piperidine rings is 1. The molecule has 0 atom stereocenters. The van der Waals surface area contributed by atoms with Gasteiger partial charge in [0.05, 0.1) is 23.9 Å². The number of carbonyl (C=O) groups is 1. The van der Waals surface area contributed by atoms with Gasteiger partial charge in [-0.15, -0.1) is 0 Å². The van der Waals surface area contributed by atoms with Gasteiger partial charge < -0.3 is 14.4 Å². The number of aryl methyl sites for hydroxylation is 2. The van der Waals surface area contributed by atoms with Gasteiger partial charge >= 0.3 is 5.97 Å². The van der Waals surface area contributed by atoms with Gasteiger partial charge in [-0.2, -0.15) is 0 Å². The van der Waals surface area contributed by atoms with Gasteiger partial charge in [0.2, 0.25) is 0 Å². The molecular formula is C17H26ClN3O3. The van der Waals surface area contributed by atoms with E-state index in [4.69, 9.17) is 26.1 Å². The van der Waals surface area contributed by atoms with E-state index in [9.17, 15) is 4.79 Å². The van der Waals surface area contributed by atoms with Crippen molar-refractivity contribution in [3.05, 3.63) is 16.5 Å². The minimum Gasteiger partial charge on any atom is -0.466 e. The number of rotatable bonds is 7. The van der Waals surface area contributed by atoms with Crippen LogP contribution in [0.25, 0.3) is 0 Å². The predicted octanol–water partition coefficient (Wildman–Crippen LogP) is 2.80. The number of hydrogen-bond acceptors (Lipinski definition) is 6. The van der Waals surface area contributed by atoms with Crippen LogP contribution in [0.3, 0.4) is 0 Å². The smallest absolute Gasteiger partial charge is 0.309 e. The Morgan fingerprint density at radius 2 is 2.04 bits per heavy atom. The fraction of sp³-hybridized carbons (Fsp3) is 0.706. The maximum absolute atomic E-state index is 11.8. The van der Waals surface area contributed by atoms with E-state index in [2.05, 4.69) is 9.88 Å². The summed E-state index contributed by atoms with van der Waals surface area (Å²) in [6.07, 6.45) is 3.22. The van der Waals surface area contributed by atoms with Gasteiger partial charge in [-0.3, -0.25) is 4.79 Å². The average molecular weight is 356 g/mol. The molecule has 0 radical (unpaired) electrons. The van der Waals surface area contributed by atoms with Gasteiger partial charge in [-0.1, -0.05) is 11.6 Å². The van der Waals surface area contributed by atoms with E-state index in [1.54, 1.807) is 7.11 Å². The minimum absolute atomic E-state index is 0.0282. The van der Waals surface area contributed by atoms with Crippen molar-refractivity contribution >= 4 is 23.4 Å². The van der Waals surface area contributed by atoms with Crippen LogP contribution in [-0.2, 0) is 20.7 Å². The summed E-state index contributed by atoms with van der Waals surface area (Å²) in [7, 11) is 1.69. The van der Waals surface area contributed by atoms with E-state index < -0.39 is 0 Å². The van der Waals surface area contributed by atoms with Crippen molar-refractivity contribution in [2.24, 2.45) is 5.92 Å². The van der Waals surface area contributed by atoms with E-state index in [0.29, 0.717) is 18.4 Å². The van der Waals surface area contributed by atoms with E-state index in [1.165, 1.54) is 0 Å². The molecule has 0 saturated carbocycles. The molecule has 6 nitrogen and oxygen atoms in total. The topological polar surface area (TPSA) is 64.5 Å². The molecule has 1 aliphatic rings. The molecule has 7 heteroatoms. The second-order valence-electron chi connectivity index (χ2n) is 5.98. The number of anilines is 1. The van der Waals surface area contributed by atoms with E-state index >= 15 is 0 Å². The minimum atomic E-state index is -0.0986. The van der Waals surface area contributed by atoms with Crippen molar-refractivity contribution < 1.29 is 14.3 Å². The van der Waals surface area contributed by atoms with Crippen LogP contribution in [0.15, 0.2) is 0 Å². The quantitative estimate of drug-likeness (QED) is 0.553. The molecular weight excluding hydrogens is 330 g/mol. The predicted molar refractivity (Wildman–Crippen MR) is 93.5 cm³/mol. The summed E-state index contributed by atoms with van der Waals surface area (Å²) < 4.78 is 10.2. The molecule has 134 valence electrons. The Morgan fingerprint density at radius 3 is 2.67 bits per heavy atom. The highest BCUT2D eigenvalue weighted by atomic mass is 35.5. The van der Waals surface area contributed by atoms with Crippen molar-refractivity contribution in [2.45, 2.75) is 39.5 Å². The summed E-state index contributed by atoms with van der Waals surface area (Å²) in [6.45, 7) is 6.36. The Labute approximate surface area is 148 Å².